The molecule has 0 radical (unpaired) electrons. The summed E-state index contributed by atoms with van der Waals surface area (Å²) >= 11 is 1.87. The molecule has 8 aromatic carbocycles. The number of aromatic nitrogens is 4. The van der Waals surface area contributed by atoms with E-state index in [9.17, 15) is 0 Å². The van der Waals surface area contributed by atoms with Crippen molar-refractivity contribution in [2.45, 2.75) is 0 Å². The van der Waals surface area contributed by atoms with Gasteiger partial charge in [0, 0.05) is 63.8 Å². The highest BCUT2D eigenvalue weighted by Gasteiger charge is 2.24. The molecule has 4 aromatic heterocycles. The first-order valence-electron chi connectivity index (χ1n) is 18.4. The maximum absolute atomic E-state index is 7.16. The minimum absolute atomic E-state index is 0.598. The van der Waals surface area contributed by atoms with E-state index >= 15 is 0 Å². The molecule has 0 bridgehead atoms. The van der Waals surface area contributed by atoms with Crippen molar-refractivity contribution in [2.24, 2.45) is 0 Å². The summed E-state index contributed by atoms with van der Waals surface area (Å²) in [4.78, 5) is 15.3. The number of rotatable bonds is 4. The van der Waals surface area contributed by atoms with Crippen LogP contribution in [-0.2, 0) is 0 Å². The van der Waals surface area contributed by atoms with Gasteiger partial charge in [-0.3, -0.25) is 0 Å². The van der Waals surface area contributed by atoms with Crippen LogP contribution in [0.5, 0.6) is 0 Å². The van der Waals surface area contributed by atoms with Crippen LogP contribution in [-0.4, -0.2) is 19.5 Å². The number of thiophene rings is 1. The van der Waals surface area contributed by atoms with E-state index < -0.39 is 0 Å². The number of benzene rings is 8. The van der Waals surface area contributed by atoms with Crippen LogP contribution in [0.15, 0.2) is 174 Å². The highest BCUT2D eigenvalue weighted by Crippen LogP contribution is 2.46. The van der Waals surface area contributed by atoms with Gasteiger partial charge in [0.15, 0.2) is 23.1 Å². The van der Waals surface area contributed by atoms with Crippen LogP contribution in [0.3, 0.4) is 0 Å². The third kappa shape index (κ3) is 4.49. The summed E-state index contributed by atoms with van der Waals surface area (Å²) in [5.74, 6) is 1.84. The first-order valence-corrected chi connectivity index (χ1v) is 19.2. The zero-order chi connectivity index (χ0) is 36.0. The number of para-hydroxylation sites is 2. The van der Waals surface area contributed by atoms with Crippen molar-refractivity contribution in [1.82, 2.24) is 19.5 Å². The Kier molecular flexibility index (Phi) is 6.44. The van der Waals surface area contributed by atoms with E-state index in [2.05, 4.69) is 114 Å². The lowest BCUT2D eigenvalue weighted by Crippen LogP contribution is -2.00. The highest BCUT2D eigenvalue weighted by atomic mass is 32.1. The molecule has 12 rings (SSSR count). The van der Waals surface area contributed by atoms with Gasteiger partial charge in [0.25, 0.3) is 0 Å². The van der Waals surface area contributed by atoms with Gasteiger partial charge in [-0.1, -0.05) is 140 Å². The fourth-order valence-corrected chi connectivity index (χ4v) is 9.65. The Hall–Kier alpha value is -7.15. The smallest absolute Gasteiger partial charge is 0.164 e. The van der Waals surface area contributed by atoms with E-state index in [-0.39, 0.29) is 0 Å². The molecule has 5 nitrogen and oxygen atoms in total. The maximum Gasteiger partial charge on any atom is 0.164 e. The molecular weight excluding hydrogens is 693 g/mol. The second-order valence-electron chi connectivity index (χ2n) is 13.9. The topological polar surface area (TPSA) is 56.7 Å². The normalized spacial score (nSPS) is 12.0. The van der Waals surface area contributed by atoms with E-state index in [1.54, 1.807) is 0 Å². The zero-order valence-corrected chi connectivity index (χ0v) is 30.1. The summed E-state index contributed by atoms with van der Waals surface area (Å²) < 4.78 is 12.1. The average Bonchev–Trinajstić information content (AvgIpc) is 3.94. The summed E-state index contributed by atoms with van der Waals surface area (Å²) in [5, 5.41) is 9.15. The average molecular weight is 721 g/mol. The lowest BCUT2D eigenvalue weighted by atomic mass is 9.99. The summed E-state index contributed by atoms with van der Waals surface area (Å²) in [7, 11) is 0. The Morgan fingerprint density at radius 2 is 1.07 bits per heavy atom. The van der Waals surface area contributed by atoms with Gasteiger partial charge in [0.1, 0.15) is 5.58 Å². The van der Waals surface area contributed by atoms with E-state index in [0.717, 1.165) is 66.1 Å². The van der Waals surface area contributed by atoms with Crippen molar-refractivity contribution >= 4 is 86.0 Å². The van der Waals surface area contributed by atoms with Gasteiger partial charge >= 0.3 is 0 Å². The standard InChI is InChI=1S/C49H28N4OS/c1-3-14-29(15-4-1)47-50-48(30-16-5-2-6-17-30)52-49(51-47)37-28-31-18-7-8-19-32(31)45-42(37)36-22-13-24-40(44(36)54-45)53-38-23-11-9-21-35(38)43-39(53)27-26-34-33-20-10-12-25-41(33)55-46(34)43/h1-28H. The van der Waals surface area contributed by atoms with Gasteiger partial charge in [-0.25, -0.2) is 15.0 Å². The third-order valence-electron chi connectivity index (χ3n) is 10.8. The third-order valence-corrected chi connectivity index (χ3v) is 12.0. The summed E-state index contributed by atoms with van der Waals surface area (Å²) in [6.45, 7) is 0. The molecule has 6 heteroatoms. The Bertz CT molecular complexity index is 3430. The zero-order valence-electron chi connectivity index (χ0n) is 29.3. The summed E-state index contributed by atoms with van der Waals surface area (Å²) in [5.41, 5.74) is 7.66. The summed E-state index contributed by atoms with van der Waals surface area (Å²) in [6, 6.07) is 59.3. The van der Waals surface area contributed by atoms with Gasteiger partial charge in [0.05, 0.1) is 16.7 Å². The second-order valence-corrected chi connectivity index (χ2v) is 15.0. The van der Waals surface area contributed by atoms with E-state index in [1.165, 1.54) is 30.9 Å². The molecule has 0 aliphatic rings. The Labute approximate surface area is 318 Å². The molecule has 4 heterocycles. The molecule has 0 saturated heterocycles. The SMILES string of the molecule is c1ccc(-c2nc(-c3ccccc3)nc(-c3cc4ccccc4c4oc5c(-n6c7ccccc7c7c8sc9ccccc9c8ccc76)cccc5c34)n2)cc1. The van der Waals surface area contributed by atoms with Crippen molar-refractivity contribution in [3.05, 3.63) is 170 Å². The van der Waals surface area contributed by atoms with Crippen LogP contribution in [0.4, 0.5) is 0 Å². The van der Waals surface area contributed by atoms with Crippen LogP contribution in [0.25, 0.3) is 115 Å². The van der Waals surface area contributed by atoms with Crippen LogP contribution in [0, 0.1) is 0 Å². The van der Waals surface area contributed by atoms with Gasteiger partial charge in [-0.15, -0.1) is 11.3 Å². The van der Waals surface area contributed by atoms with Crippen molar-refractivity contribution in [3.8, 4) is 39.9 Å². The van der Waals surface area contributed by atoms with Gasteiger partial charge in [-0.05, 0) is 35.7 Å². The Morgan fingerprint density at radius 1 is 0.436 bits per heavy atom. The first-order chi connectivity index (χ1) is 27.3. The molecule has 12 aromatic rings. The van der Waals surface area contributed by atoms with E-state index in [0.29, 0.717) is 17.5 Å². The predicted molar refractivity (Wildman–Crippen MR) is 228 cm³/mol. The maximum atomic E-state index is 7.16. The quantitative estimate of drug-likeness (QED) is 0.182. The van der Waals surface area contributed by atoms with Crippen LogP contribution in [0.2, 0.25) is 0 Å². The number of hydrogen-bond acceptors (Lipinski definition) is 5. The Balaban J connectivity index is 1.18. The molecule has 55 heavy (non-hydrogen) atoms. The highest BCUT2D eigenvalue weighted by molar-refractivity contribution is 7.26. The van der Waals surface area contributed by atoms with Crippen molar-refractivity contribution in [2.75, 3.05) is 0 Å². The monoisotopic (exact) mass is 720 g/mol. The number of hydrogen-bond donors (Lipinski definition) is 0. The minimum atomic E-state index is 0.598. The number of nitrogens with zero attached hydrogens (tertiary/aromatic N) is 4. The lowest BCUT2D eigenvalue weighted by Gasteiger charge is -2.10. The van der Waals surface area contributed by atoms with Gasteiger partial charge in [0.2, 0.25) is 0 Å². The number of fused-ring (bicyclic) bond motifs is 12. The fraction of sp³-hybridized carbons (Fsp3) is 0. The molecule has 0 spiro atoms. The van der Waals surface area contributed by atoms with Crippen LogP contribution < -0.4 is 0 Å². The van der Waals surface area contributed by atoms with Gasteiger partial charge < -0.3 is 8.98 Å². The van der Waals surface area contributed by atoms with Gasteiger partial charge in [-0.2, -0.15) is 0 Å². The minimum Gasteiger partial charge on any atom is -0.453 e. The van der Waals surface area contributed by atoms with Crippen molar-refractivity contribution < 1.29 is 4.42 Å². The molecule has 0 unspecified atom stereocenters. The number of furan rings is 1. The molecule has 0 fully saturated rings. The van der Waals surface area contributed by atoms with E-state index in [1.807, 2.05) is 72.0 Å². The van der Waals surface area contributed by atoms with Crippen LogP contribution in [0.1, 0.15) is 0 Å². The molecule has 0 amide bonds. The molecule has 0 saturated carbocycles. The Morgan fingerprint density at radius 3 is 1.85 bits per heavy atom. The first kappa shape index (κ1) is 30.3. The molecule has 0 aliphatic carbocycles. The molecular formula is C49H28N4OS. The van der Waals surface area contributed by atoms with Crippen molar-refractivity contribution in [1.29, 1.82) is 0 Å². The predicted octanol–water partition coefficient (Wildman–Crippen LogP) is 13.4. The molecule has 0 N–H and O–H groups in total. The van der Waals surface area contributed by atoms with E-state index in [4.69, 9.17) is 19.4 Å². The summed E-state index contributed by atoms with van der Waals surface area (Å²) in [6.07, 6.45) is 0. The molecule has 0 atom stereocenters. The molecule has 256 valence electrons. The lowest BCUT2D eigenvalue weighted by molar-refractivity contribution is 0.670. The largest absolute Gasteiger partial charge is 0.453 e. The molecule has 0 aliphatic heterocycles. The van der Waals surface area contributed by atoms with Crippen molar-refractivity contribution in [3.63, 3.8) is 0 Å². The fourth-order valence-electron chi connectivity index (χ4n) is 8.39. The van der Waals surface area contributed by atoms with Crippen LogP contribution >= 0.6 is 11.3 Å². The second kappa shape index (κ2) is 11.7.